The van der Waals surface area contributed by atoms with E-state index in [9.17, 15) is 4.79 Å². The van der Waals surface area contributed by atoms with Gasteiger partial charge in [-0.3, -0.25) is 4.79 Å². The Bertz CT molecular complexity index is 486. The molecular weight excluding hydrogens is 212 g/mol. The van der Waals surface area contributed by atoms with Gasteiger partial charge in [0.25, 0.3) is 0 Å². The Morgan fingerprint density at radius 2 is 1.94 bits per heavy atom. The van der Waals surface area contributed by atoms with E-state index in [0.717, 1.165) is 0 Å². The molecule has 1 aliphatic carbocycles. The van der Waals surface area contributed by atoms with Gasteiger partial charge >= 0.3 is 0 Å². The van der Waals surface area contributed by atoms with E-state index in [4.69, 9.17) is 11.5 Å². The van der Waals surface area contributed by atoms with Crippen molar-refractivity contribution in [2.45, 2.75) is 18.5 Å². The van der Waals surface area contributed by atoms with Crippen molar-refractivity contribution in [3.8, 4) is 0 Å². The van der Waals surface area contributed by atoms with Crippen molar-refractivity contribution in [1.82, 2.24) is 0 Å². The maximum absolute atomic E-state index is 12.2. The third-order valence-corrected chi connectivity index (χ3v) is 2.97. The average molecular weight is 228 g/mol. The van der Waals surface area contributed by atoms with Crippen LogP contribution in [0.5, 0.6) is 0 Å². The largest absolute Gasteiger partial charge is 0.323 e. The molecule has 0 heterocycles. The van der Waals surface area contributed by atoms with E-state index in [2.05, 4.69) is 0 Å². The van der Waals surface area contributed by atoms with Crippen LogP contribution in [0.3, 0.4) is 0 Å². The average Bonchev–Trinajstić information content (AvgIpc) is 2.33. The molecule has 2 atom stereocenters. The van der Waals surface area contributed by atoms with E-state index in [-0.39, 0.29) is 11.8 Å². The first-order valence-corrected chi connectivity index (χ1v) is 5.56. The molecule has 0 bridgehead atoms. The first-order chi connectivity index (χ1) is 8.00. The van der Waals surface area contributed by atoms with Gasteiger partial charge in [0.05, 0.1) is 5.54 Å². The highest BCUT2D eigenvalue weighted by Crippen LogP contribution is 2.20. The predicted molar refractivity (Wildman–Crippen MR) is 68.6 cm³/mol. The van der Waals surface area contributed by atoms with Gasteiger partial charge in [-0.15, -0.1) is 0 Å². The fraction of sp³-hybridized carbons (Fsp3) is 0.214. The molecule has 88 valence electrons. The lowest BCUT2D eigenvalue weighted by Gasteiger charge is -2.29. The number of rotatable bonds is 2. The van der Waals surface area contributed by atoms with Crippen LogP contribution in [0.4, 0.5) is 0 Å². The number of allylic oxidation sites excluding steroid dienone is 2. The van der Waals surface area contributed by atoms with Gasteiger partial charge in [-0.25, -0.2) is 0 Å². The topological polar surface area (TPSA) is 69.1 Å². The van der Waals surface area contributed by atoms with Crippen LogP contribution in [0.1, 0.15) is 17.3 Å². The lowest BCUT2D eigenvalue weighted by Crippen LogP contribution is -2.51. The second-order valence-electron chi connectivity index (χ2n) is 4.55. The van der Waals surface area contributed by atoms with E-state index in [1.165, 1.54) is 0 Å². The van der Waals surface area contributed by atoms with Crippen LogP contribution >= 0.6 is 0 Å². The number of carbonyl (C=O) groups is 1. The Labute approximate surface area is 101 Å². The summed E-state index contributed by atoms with van der Waals surface area (Å²) in [6.07, 6.45) is 5.26. The summed E-state index contributed by atoms with van der Waals surface area (Å²) in [4.78, 5) is 12.2. The van der Waals surface area contributed by atoms with Crippen LogP contribution in [0.2, 0.25) is 0 Å². The smallest absolute Gasteiger partial charge is 0.192 e. The van der Waals surface area contributed by atoms with Gasteiger partial charge in [0.1, 0.15) is 0 Å². The first-order valence-electron chi connectivity index (χ1n) is 5.56. The molecule has 2 unspecified atom stereocenters. The number of hydrogen-bond acceptors (Lipinski definition) is 3. The normalized spacial score (nSPS) is 27.7. The molecule has 0 fully saturated rings. The summed E-state index contributed by atoms with van der Waals surface area (Å²) < 4.78 is 0. The number of Topliss-reactive ketones (excluding diaryl/α,β-unsaturated/α-hetero) is 1. The zero-order valence-corrected chi connectivity index (χ0v) is 9.76. The zero-order chi connectivity index (χ0) is 12.5. The highest BCUT2D eigenvalue weighted by Gasteiger charge is 2.27. The summed E-state index contributed by atoms with van der Waals surface area (Å²) in [7, 11) is 0. The van der Waals surface area contributed by atoms with E-state index in [0.29, 0.717) is 11.1 Å². The molecule has 4 N–H and O–H groups in total. The standard InChI is InChI=1S/C14H16N2O/c1-14(16)9-11(7-8-12(14)15)13(17)10-5-3-2-4-6-10/h2-9,12H,15-16H2,1H3. The summed E-state index contributed by atoms with van der Waals surface area (Å²) >= 11 is 0. The van der Waals surface area contributed by atoms with Crippen LogP contribution in [0.15, 0.2) is 54.1 Å². The predicted octanol–water partition coefficient (Wildman–Crippen LogP) is 1.41. The van der Waals surface area contributed by atoms with Crippen molar-refractivity contribution in [3.05, 3.63) is 59.7 Å². The van der Waals surface area contributed by atoms with E-state index in [1.54, 1.807) is 30.4 Å². The molecule has 0 aliphatic heterocycles. The molecule has 0 saturated carbocycles. The van der Waals surface area contributed by atoms with Gasteiger partial charge in [-0.05, 0) is 6.92 Å². The van der Waals surface area contributed by atoms with E-state index >= 15 is 0 Å². The number of nitrogens with two attached hydrogens (primary N) is 2. The lowest BCUT2D eigenvalue weighted by atomic mass is 9.84. The van der Waals surface area contributed by atoms with Crippen molar-refractivity contribution < 1.29 is 4.79 Å². The molecule has 0 spiro atoms. The van der Waals surface area contributed by atoms with Gasteiger partial charge in [-0.1, -0.05) is 48.6 Å². The maximum atomic E-state index is 12.2. The Kier molecular flexibility index (Phi) is 2.96. The molecule has 3 heteroatoms. The number of carbonyl (C=O) groups excluding carboxylic acids is 1. The molecular formula is C14H16N2O. The van der Waals surface area contributed by atoms with Crippen LogP contribution < -0.4 is 11.5 Å². The highest BCUT2D eigenvalue weighted by atomic mass is 16.1. The second kappa shape index (κ2) is 4.28. The maximum Gasteiger partial charge on any atom is 0.192 e. The zero-order valence-electron chi connectivity index (χ0n) is 9.76. The summed E-state index contributed by atoms with van der Waals surface area (Å²) in [5.74, 6) is -0.0228. The minimum atomic E-state index is -0.672. The molecule has 0 aromatic heterocycles. The minimum Gasteiger partial charge on any atom is -0.323 e. The molecule has 0 radical (unpaired) electrons. The quantitative estimate of drug-likeness (QED) is 0.752. The molecule has 1 aromatic carbocycles. The molecule has 17 heavy (non-hydrogen) atoms. The van der Waals surface area contributed by atoms with Crippen molar-refractivity contribution in [3.63, 3.8) is 0 Å². The minimum absolute atomic E-state index is 0.0228. The monoisotopic (exact) mass is 228 g/mol. The number of ketones is 1. The van der Waals surface area contributed by atoms with Crippen molar-refractivity contribution in [2.75, 3.05) is 0 Å². The van der Waals surface area contributed by atoms with Gasteiger partial charge in [-0.2, -0.15) is 0 Å². The summed E-state index contributed by atoms with van der Waals surface area (Å²) in [6.45, 7) is 1.82. The molecule has 2 rings (SSSR count). The van der Waals surface area contributed by atoms with Crippen LogP contribution in [0.25, 0.3) is 0 Å². The van der Waals surface area contributed by atoms with Crippen LogP contribution in [0, 0.1) is 0 Å². The fourth-order valence-corrected chi connectivity index (χ4v) is 1.79. The SMILES string of the molecule is CC1(N)C=C(C(=O)c2ccccc2)C=CC1N. The van der Waals surface area contributed by atoms with Gasteiger partial charge < -0.3 is 11.5 Å². The Hall–Kier alpha value is -1.71. The Balaban J connectivity index is 2.31. The summed E-state index contributed by atoms with van der Waals surface area (Å²) in [5.41, 5.74) is 12.5. The van der Waals surface area contributed by atoms with Gasteiger partial charge in [0.2, 0.25) is 0 Å². The first kappa shape index (κ1) is 11.8. The van der Waals surface area contributed by atoms with Crippen molar-refractivity contribution in [1.29, 1.82) is 0 Å². The molecule has 1 aromatic rings. The van der Waals surface area contributed by atoms with Crippen molar-refractivity contribution in [2.24, 2.45) is 11.5 Å². The van der Waals surface area contributed by atoms with Crippen LogP contribution in [-0.2, 0) is 0 Å². The number of hydrogen-bond donors (Lipinski definition) is 2. The summed E-state index contributed by atoms with van der Waals surface area (Å²) in [6, 6.07) is 8.89. The molecule has 0 saturated heterocycles. The Morgan fingerprint density at radius 1 is 1.29 bits per heavy atom. The second-order valence-corrected chi connectivity index (χ2v) is 4.55. The van der Waals surface area contributed by atoms with Crippen molar-refractivity contribution >= 4 is 5.78 Å². The third-order valence-electron chi connectivity index (χ3n) is 2.97. The van der Waals surface area contributed by atoms with Gasteiger partial charge in [0, 0.05) is 17.2 Å². The highest BCUT2D eigenvalue weighted by molar-refractivity contribution is 6.10. The lowest BCUT2D eigenvalue weighted by molar-refractivity contribution is 0.103. The molecule has 0 amide bonds. The van der Waals surface area contributed by atoms with E-state index in [1.807, 2.05) is 25.1 Å². The van der Waals surface area contributed by atoms with E-state index < -0.39 is 5.54 Å². The fourth-order valence-electron chi connectivity index (χ4n) is 1.79. The number of benzene rings is 1. The molecule has 3 nitrogen and oxygen atoms in total. The third kappa shape index (κ3) is 2.35. The summed E-state index contributed by atoms with van der Waals surface area (Å²) in [5, 5.41) is 0. The van der Waals surface area contributed by atoms with Gasteiger partial charge in [0.15, 0.2) is 5.78 Å². The Morgan fingerprint density at radius 3 is 2.53 bits per heavy atom. The molecule has 1 aliphatic rings. The van der Waals surface area contributed by atoms with Crippen LogP contribution in [-0.4, -0.2) is 17.4 Å².